The van der Waals surface area contributed by atoms with Crippen molar-refractivity contribution in [3.05, 3.63) is 17.2 Å². The van der Waals surface area contributed by atoms with Crippen molar-refractivity contribution < 1.29 is 9.53 Å². The highest BCUT2D eigenvalue weighted by Gasteiger charge is 2.17. The van der Waals surface area contributed by atoms with Gasteiger partial charge in [-0.25, -0.2) is 4.98 Å². The second-order valence-corrected chi connectivity index (χ2v) is 4.15. The maximum Gasteiger partial charge on any atom is 0.243 e. The van der Waals surface area contributed by atoms with Gasteiger partial charge < -0.3 is 20.4 Å². The molecule has 0 saturated heterocycles. The fourth-order valence-corrected chi connectivity index (χ4v) is 2.13. The van der Waals surface area contributed by atoms with E-state index in [1.54, 1.807) is 0 Å². The van der Waals surface area contributed by atoms with Crippen molar-refractivity contribution in [2.45, 2.75) is 26.4 Å². The van der Waals surface area contributed by atoms with Crippen molar-refractivity contribution >= 4 is 5.91 Å². The molecule has 94 valence electrons. The van der Waals surface area contributed by atoms with Gasteiger partial charge in [0.25, 0.3) is 0 Å². The van der Waals surface area contributed by atoms with Crippen LogP contribution in [-0.2, 0) is 29.0 Å². The molecule has 0 aromatic carbocycles. The minimum Gasteiger partial charge on any atom is -0.370 e. The largest absolute Gasteiger partial charge is 0.370 e. The van der Waals surface area contributed by atoms with Crippen LogP contribution in [0.15, 0.2) is 0 Å². The molecule has 1 aliphatic rings. The van der Waals surface area contributed by atoms with Crippen molar-refractivity contribution in [3.8, 4) is 0 Å². The summed E-state index contributed by atoms with van der Waals surface area (Å²) >= 11 is 0. The molecule has 2 heterocycles. The monoisotopic (exact) mass is 238 g/mol. The molecular formula is C11H18N4O2. The van der Waals surface area contributed by atoms with E-state index in [2.05, 4.69) is 14.9 Å². The van der Waals surface area contributed by atoms with Crippen molar-refractivity contribution in [3.63, 3.8) is 0 Å². The predicted molar refractivity (Wildman–Crippen MR) is 62.4 cm³/mol. The number of amides is 1. The first-order valence-electron chi connectivity index (χ1n) is 5.80. The number of imidazole rings is 1. The average Bonchev–Trinajstić information content (AvgIpc) is 2.60. The highest BCUT2D eigenvalue weighted by Crippen LogP contribution is 2.15. The van der Waals surface area contributed by atoms with Crippen LogP contribution in [0.1, 0.15) is 17.2 Å². The third-order valence-electron chi connectivity index (χ3n) is 2.88. The van der Waals surface area contributed by atoms with Gasteiger partial charge in [-0.05, 0) is 6.92 Å². The molecule has 0 bridgehead atoms. The fourth-order valence-electron chi connectivity index (χ4n) is 2.13. The van der Waals surface area contributed by atoms with Gasteiger partial charge in [0.2, 0.25) is 5.91 Å². The zero-order valence-corrected chi connectivity index (χ0v) is 10.0. The molecular weight excluding hydrogens is 220 g/mol. The van der Waals surface area contributed by atoms with Gasteiger partial charge in [0.05, 0.1) is 12.3 Å². The number of carbonyl (C=O) groups excluding carboxylic acids is 1. The van der Waals surface area contributed by atoms with E-state index in [1.165, 1.54) is 5.69 Å². The number of hydrogen-bond acceptors (Lipinski definition) is 4. The third-order valence-corrected chi connectivity index (χ3v) is 2.88. The average molecular weight is 238 g/mol. The van der Waals surface area contributed by atoms with Crippen LogP contribution in [0.4, 0.5) is 0 Å². The Bertz CT molecular complexity index is 414. The third kappa shape index (κ3) is 2.83. The van der Waals surface area contributed by atoms with E-state index < -0.39 is 5.91 Å². The molecule has 3 N–H and O–H groups in total. The number of fused-ring (bicyclic) bond motifs is 1. The molecule has 0 atom stereocenters. The summed E-state index contributed by atoms with van der Waals surface area (Å²) in [4.78, 5) is 15.0. The first-order valence-corrected chi connectivity index (χ1v) is 5.80. The smallest absolute Gasteiger partial charge is 0.243 e. The van der Waals surface area contributed by atoms with Crippen molar-refractivity contribution in [2.24, 2.45) is 5.73 Å². The summed E-state index contributed by atoms with van der Waals surface area (Å²) in [6.07, 6.45) is 0.992. The molecule has 1 aliphatic heterocycles. The number of ether oxygens (including phenoxy) is 1. The summed E-state index contributed by atoms with van der Waals surface area (Å²) in [6.45, 7) is 5.01. The number of nitrogens with zero attached hydrogens (tertiary/aromatic N) is 2. The maximum atomic E-state index is 10.5. The predicted octanol–water partition coefficient (Wildman–Crippen LogP) is -0.661. The summed E-state index contributed by atoms with van der Waals surface area (Å²) in [5.41, 5.74) is 7.41. The molecule has 6 nitrogen and oxygen atoms in total. The summed E-state index contributed by atoms with van der Waals surface area (Å²) < 4.78 is 7.34. The minimum absolute atomic E-state index is 0.0164. The van der Waals surface area contributed by atoms with E-state index in [0.717, 1.165) is 37.6 Å². The van der Waals surface area contributed by atoms with E-state index in [0.29, 0.717) is 6.61 Å². The number of aromatic nitrogens is 2. The lowest BCUT2D eigenvalue weighted by molar-refractivity contribution is -0.122. The van der Waals surface area contributed by atoms with E-state index in [-0.39, 0.29) is 6.61 Å². The van der Waals surface area contributed by atoms with Gasteiger partial charge >= 0.3 is 0 Å². The Balaban J connectivity index is 1.96. The molecule has 0 unspecified atom stereocenters. The number of hydrogen-bond donors (Lipinski definition) is 2. The summed E-state index contributed by atoms with van der Waals surface area (Å²) in [5.74, 6) is 0.569. The van der Waals surface area contributed by atoms with E-state index in [9.17, 15) is 4.79 Å². The van der Waals surface area contributed by atoms with Crippen LogP contribution in [0.3, 0.4) is 0 Å². The molecule has 0 spiro atoms. The van der Waals surface area contributed by atoms with Gasteiger partial charge in [-0.15, -0.1) is 0 Å². The standard InChI is InChI=1S/C11H18N4O2/c1-8-14-9-6-13-3-2-10(9)15(8)4-5-17-7-11(12)16/h13H,2-7H2,1H3,(H2,12,16). The molecule has 6 heteroatoms. The van der Waals surface area contributed by atoms with E-state index >= 15 is 0 Å². The molecule has 1 amide bonds. The van der Waals surface area contributed by atoms with Crippen LogP contribution < -0.4 is 11.1 Å². The number of nitrogens with two attached hydrogens (primary N) is 1. The summed E-state index contributed by atoms with van der Waals surface area (Å²) in [6, 6.07) is 0. The Morgan fingerprint density at radius 1 is 1.65 bits per heavy atom. The Morgan fingerprint density at radius 3 is 3.24 bits per heavy atom. The molecule has 0 fully saturated rings. The molecule has 2 rings (SSSR count). The quantitative estimate of drug-likeness (QED) is 0.667. The first-order chi connectivity index (χ1) is 8.18. The van der Waals surface area contributed by atoms with Gasteiger partial charge in [-0.1, -0.05) is 0 Å². The summed E-state index contributed by atoms with van der Waals surface area (Å²) in [5, 5.41) is 3.30. The van der Waals surface area contributed by atoms with Crippen LogP contribution in [0.2, 0.25) is 0 Å². The zero-order valence-electron chi connectivity index (χ0n) is 10.0. The second-order valence-electron chi connectivity index (χ2n) is 4.15. The SMILES string of the molecule is Cc1nc2c(n1CCOCC(N)=O)CCNC2. The Labute approximate surface area is 100 Å². The van der Waals surface area contributed by atoms with Gasteiger partial charge in [0.1, 0.15) is 12.4 Å². The molecule has 17 heavy (non-hydrogen) atoms. The Kier molecular flexibility index (Phi) is 3.75. The van der Waals surface area contributed by atoms with Crippen LogP contribution in [0.5, 0.6) is 0 Å². The topological polar surface area (TPSA) is 82.2 Å². The highest BCUT2D eigenvalue weighted by atomic mass is 16.5. The minimum atomic E-state index is -0.432. The van der Waals surface area contributed by atoms with Gasteiger partial charge in [-0.2, -0.15) is 0 Å². The normalized spacial score (nSPS) is 14.6. The number of primary amides is 1. The molecule has 1 aromatic rings. The highest BCUT2D eigenvalue weighted by molar-refractivity contribution is 5.74. The van der Waals surface area contributed by atoms with Crippen LogP contribution in [-0.4, -0.2) is 35.2 Å². The van der Waals surface area contributed by atoms with Crippen molar-refractivity contribution in [1.29, 1.82) is 0 Å². The number of nitrogens with one attached hydrogen (secondary N) is 1. The van der Waals surface area contributed by atoms with E-state index in [1.807, 2.05) is 6.92 Å². The Morgan fingerprint density at radius 2 is 2.47 bits per heavy atom. The van der Waals surface area contributed by atoms with Crippen LogP contribution in [0, 0.1) is 6.92 Å². The van der Waals surface area contributed by atoms with Crippen LogP contribution in [0.25, 0.3) is 0 Å². The van der Waals surface area contributed by atoms with E-state index in [4.69, 9.17) is 10.5 Å². The van der Waals surface area contributed by atoms with Crippen molar-refractivity contribution in [1.82, 2.24) is 14.9 Å². The van der Waals surface area contributed by atoms with Gasteiger partial charge in [0, 0.05) is 31.7 Å². The lowest BCUT2D eigenvalue weighted by atomic mass is 10.2. The number of aryl methyl sites for hydroxylation is 1. The first kappa shape index (κ1) is 12.1. The lowest BCUT2D eigenvalue weighted by Gasteiger charge is -2.15. The lowest BCUT2D eigenvalue weighted by Crippen LogP contribution is -2.26. The number of rotatable bonds is 5. The number of carbonyl (C=O) groups is 1. The van der Waals surface area contributed by atoms with Gasteiger partial charge in [-0.3, -0.25) is 4.79 Å². The maximum absolute atomic E-state index is 10.5. The van der Waals surface area contributed by atoms with Gasteiger partial charge in [0.15, 0.2) is 0 Å². The second kappa shape index (κ2) is 5.29. The Hall–Kier alpha value is -1.40. The summed E-state index contributed by atoms with van der Waals surface area (Å²) in [7, 11) is 0. The molecule has 0 aliphatic carbocycles. The van der Waals surface area contributed by atoms with Crippen molar-refractivity contribution in [2.75, 3.05) is 19.8 Å². The van der Waals surface area contributed by atoms with Crippen LogP contribution >= 0.6 is 0 Å². The zero-order chi connectivity index (χ0) is 12.3. The fraction of sp³-hybridized carbons (Fsp3) is 0.636. The molecule has 0 saturated carbocycles. The molecule has 0 radical (unpaired) electrons. The molecule has 1 aromatic heterocycles.